The van der Waals surface area contributed by atoms with Crippen molar-refractivity contribution in [3.8, 4) is 0 Å². The third-order valence-corrected chi connectivity index (χ3v) is 5.05. The maximum atomic E-state index is 12.4. The van der Waals surface area contributed by atoms with E-state index in [1.807, 2.05) is 30.3 Å². The molecule has 0 bridgehead atoms. The molecule has 1 atom stereocenters. The van der Waals surface area contributed by atoms with Crippen LogP contribution in [0.5, 0.6) is 0 Å². The molecule has 29 heavy (non-hydrogen) atoms. The van der Waals surface area contributed by atoms with Gasteiger partial charge in [-0.05, 0) is 30.5 Å². The van der Waals surface area contributed by atoms with Gasteiger partial charge in [-0.1, -0.05) is 42.5 Å². The zero-order valence-corrected chi connectivity index (χ0v) is 16.3. The highest BCUT2D eigenvalue weighted by molar-refractivity contribution is 6.21. The molecular weight excluding hydrogens is 372 g/mol. The fourth-order valence-corrected chi connectivity index (χ4v) is 3.30. The lowest BCUT2D eigenvalue weighted by Crippen LogP contribution is -2.40. The molecule has 7 nitrogen and oxygen atoms in total. The van der Waals surface area contributed by atoms with E-state index in [4.69, 9.17) is 4.74 Å². The van der Waals surface area contributed by atoms with E-state index in [9.17, 15) is 19.5 Å². The molecule has 1 aliphatic rings. The van der Waals surface area contributed by atoms with Crippen LogP contribution in [-0.4, -0.2) is 59.1 Å². The molecule has 1 unspecified atom stereocenters. The number of amides is 3. The predicted molar refractivity (Wildman–Crippen MR) is 106 cm³/mol. The van der Waals surface area contributed by atoms with Gasteiger partial charge >= 0.3 is 6.09 Å². The number of aliphatic hydroxyl groups is 1. The van der Waals surface area contributed by atoms with Crippen molar-refractivity contribution >= 4 is 17.9 Å². The van der Waals surface area contributed by atoms with E-state index in [-0.39, 0.29) is 31.6 Å². The minimum absolute atomic E-state index is 0.150. The molecule has 3 amide bonds. The number of hydrogen-bond donors (Lipinski definition) is 1. The second kappa shape index (κ2) is 9.34. The monoisotopic (exact) mass is 396 g/mol. The smallest absolute Gasteiger partial charge is 0.410 e. The largest absolute Gasteiger partial charge is 0.445 e. The molecule has 1 N–H and O–H groups in total. The van der Waals surface area contributed by atoms with Crippen LogP contribution in [0.2, 0.25) is 0 Å². The molecular formula is C22H24N2O5. The van der Waals surface area contributed by atoms with E-state index in [2.05, 4.69) is 0 Å². The van der Waals surface area contributed by atoms with Gasteiger partial charge < -0.3 is 14.7 Å². The standard InChI is InChI=1S/C22H24N2O5/c1-23(22(28)29-15-16-8-3-2-4-9-16)17(14-25)10-7-13-24-20(26)18-11-5-6-12-19(18)21(24)27/h2-6,8-9,11-12,17,25H,7,10,13-15H2,1H3. The quantitative estimate of drug-likeness (QED) is 0.693. The Morgan fingerprint density at radius 1 is 1.03 bits per heavy atom. The average Bonchev–Trinajstić information content (AvgIpc) is 3.00. The molecule has 2 aromatic rings. The topological polar surface area (TPSA) is 87.2 Å². The zero-order valence-electron chi connectivity index (χ0n) is 16.3. The number of hydrogen-bond acceptors (Lipinski definition) is 5. The molecule has 2 aromatic carbocycles. The lowest BCUT2D eigenvalue weighted by molar-refractivity contribution is 0.0618. The van der Waals surface area contributed by atoms with E-state index >= 15 is 0 Å². The van der Waals surface area contributed by atoms with E-state index in [1.165, 1.54) is 9.80 Å². The summed E-state index contributed by atoms with van der Waals surface area (Å²) in [6, 6.07) is 15.6. The van der Waals surface area contributed by atoms with Crippen LogP contribution in [0, 0.1) is 0 Å². The Bertz CT molecular complexity index is 849. The van der Waals surface area contributed by atoms with Crippen molar-refractivity contribution in [2.24, 2.45) is 0 Å². The van der Waals surface area contributed by atoms with Gasteiger partial charge in [0.15, 0.2) is 0 Å². The minimum atomic E-state index is -0.534. The first-order valence-electron chi connectivity index (χ1n) is 9.52. The van der Waals surface area contributed by atoms with Crippen LogP contribution in [0.4, 0.5) is 4.79 Å². The first-order valence-corrected chi connectivity index (χ1v) is 9.52. The molecule has 1 aliphatic heterocycles. The number of imide groups is 1. The van der Waals surface area contributed by atoms with Crippen molar-refractivity contribution < 1.29 is 24.2 Å². The lowest BCUT2D eigenvalue weighted by atomic mass is 10.1. The van der Waals surface area contributed by atoms with Crippen LogP contribution in [-0.2, 0) is 11.3 Å². The summed E-state index contributed by atoms with van der Waals surface area (Å²) in [6.45, 7) is 0.145. The first kappa shape index (κ1) is 20.5. The SMILES string of the molecule is CN(C(=O)OCc1ccccc1)C(CO)CCCN1C(=O)c2ccccc2C1=O. The molecule has 0 aromatic heterocycles. The summed E-state index contributed by atoms with van der Waals surface area (Å²) in [5, 5.41) is 9.67. The fourth-order valence-electron chi connectivity index (χ4n) is 3.30. The molecule has 0 saturated heterocycles. The Morgan fingerprint density at radius 2 is 1.62 bits per heavy atom. The molecule has 152 valence electrons. The van der Waals surface area contributed by atoms with Gasteiger partial charge in [0.1, 0.15) is 6.61 Å². The van der Waals surface area contributed by atoms with Gasteiger partial charge in [0.2, 0.25) is 0 Å². The third kappa shape index (κ3) is 4.63. The Morgan fingerprint density at radius 3 is 2.21 bits per heavy atom. The number of fused-ring (bicyclic) bond motifs is 1. The van der Waals surface area contributed by atoms with Crippen molar-refractivity contribution in [1.29, 1.82) is 0 Å². The number of carbonyl (C=O) groups is 3. The number of likely N-dealkylation sites (N-methyl/N-ethyl adjacent to an activating group) is 1. The highest BCUT2D eigenvalue weighted by Crippen LogP contribution is 2.23. The molecule has 0 spiro atoms. The second-order valence-electron chi connectivity index (χ2n) is 6.94. The van der Waals surface area contributed by atoms with E-state index in [1.54, 1.807) is 31.3 Å². The molecule has 0 radical (unpaired) electrons. The fraction of sp³-hybridized carbons (Fsp3) is 0.318. The van der Waals surface area contributed by atoms with Crippen molar-refractivity contribution in [3.63, 3.8) is 0 Å². The highest BCUT2D eigenvalue weighted by Gasteiger charge is 2.34. The Hall–Kier alpha value is -3.19. The lowest BCUT2D eigenvalue weighted by Gasteiger charge is -2.26. The normalized spacial score (nSPS) is 13.9. The molecule has 1 heterocycles. The Kier molecular flexibility index (Phi) is 6.61. The number of nitrogens with zero attached hydrogens (tertiary/aromatic N) is 2. The van der Waals surface area contributed by atoms with Gasteiger partial charge in [0.05, 0.1) is 23.8 Å². The number of rotatable bonds is 8. The summed E-state index contributed by atoms with van der Waals surface area (Å²) in [5.74, 6) is -0.608. The summed E-state index contributed by atoms with van der Waals surface area (Å²) < 4.78 is 5.29. The summed E-state index contributed by atoms with van der Waals surface area (Å²) in [5.41, 5.74) is 1.70. The first-order chi connectivity index (χ1) is 14.0. The van der Waals surface area contributed by atoms with Crippen LogP contribution in [0.15, 0.2) is 54.6 Å². The minimum Gasteiger partial charge on any atom is -0.445 e. The maximum absolute atomic E-state index is 12.4. The highest BCUT2D eigenvalue weighted by atomic mass is 16.6. The van der Waals surface area contributed by atoms with Crippen LogP contribution in [0.3, 0.4) is 0 Å². The summed E-state index contributed by atoms with van der Waals surface area (Å²) >= 11 is 0. The van der Waals surface area contributed by atoms with Crippen molar-refractivity contribution in [3.05, 3.63) is 71.3 Å². The van der Waals surface area contributed by atoms with Gasteiger partial charge in [0, 0.05) is 13.6 Å². The van der Waals surface area contributed by atoms with Crippen molar-refractivity contribution in [1.82, 2.24) is 9.80 Å². The predicted octanol–water partition coefficient (Wildman–Crippen LogP) is 2.69. The molecule has 0 saturated carbocycles. The molecule has 7 heteroatoms. The van der Waals surface area contributed by atoms with Crippen molar-refractivity contribution in [2.75, 3.05) is 20.2 Å². The van der Waals surface area contributed by atoms with E-state index in [0.717, 1.165) is 5.56 Å². The second-order valence-corrected chi connectivity index (χ2v) is 6.94. The van der Waals surface area contributed by atoms with Gasteiger partial charge in [-0.2, -0.15) is 0 Å². The summed E-state index contributed by atoms with van der Waals surface area (Å²) in [6.07, 6.45) is 0.363. The van der Waals surface area contributed by atoms with Gasteiger partial charge in [-0.15, -0.1) is 0 Å². The Balaban J connectivity index is 1.49. The number of benzene rings is 2. The summed E-state index contributed by atoms with van der Waals surface area (Å²) in [4.78, 5) is 39.6. The van der Waals surface area contributed by atoms with E-state index < -0.39 is 12.1 Å². The van der Waals surface area contributed by atoms with Crippen molar-refractivity contribution in [2.45, 2.75) is 25.5 Å². The van der Waals surface area contributed by atoms with Crippen LogP contribution in [0.1, 0.15) is 39.1 Å². The number of ether oxygens (including phenoxy) is 1. The summed E-state index contributed by atoms with van der Waals surface area (Å²) in [7, 11) is 1.57. The van der Waals surface area contributed by atoms with Gasteiger partial charge in [-0.3, -0.25) is 14.5 Å². The number of aliphatic hydroxyl groups excluding tert-OH is 1. The van der Waals surface area contributed by atoms with Crippen LogP contribution < -0.4 is 0 Å². The van der Waals surface area contributed by atoms with E-state index in [0.29, 0.717) is 24.0 Å². The van der Waals surface area contributed by atoms with Gasteiger partial charge in [0.25, 0.3) is 11.8 Å². The molecule has 3 rings (SSSR count). The van der Waals surface area contributed by atoms with Crippen LogP contribution >= 0.6 is 0 Å². The third-order valence-electron chi connectivity index (χ3n) is 5.05. The maximum Gasteiger partial charge on any atom is 0.410 e. The number of carbonyl (C=O) groups excluding carboxylic acids is 3. The average molecular weight is 396 g/mol. The Labute approximate surface area is 169 Å². The molecule has 0 fully saturated rings. The molecule has 0 aliphatic carbocycles. The van der Waals surface area contributed by atoms with Crippen LogP contribution in [0.25, 0.3) is 0 Å². The zero-order chi connectivity index (χ0) is 20.8. The van der Waals surface area contributed by atoms with Gasteiger partial charge in [-0.25, -0.2) is 4.79 Å².